The SMILES string of the molecule is Cc1ccc2nc(-c3ccc(F)cc3)c(CN[C@@H]3CCOC(C)(C)C3)cc2c1. The summed E-state index contributed by atoms with van der Waals surface area (Å²) in [6.45, 7) is 7.89. The van der Waals surface area contributed by atoms with Crippen molar-refractivity contribution in [2.75, 3.05) is 6.61 Å². The molecule has 0 bridgehead atoms. The molecule has 1 atom stereocenters. The van der Waals surface area contributed by atoms with E-state index in [0.29, 0.717) is 6.04 Å². The summed E-state index contributed by atoms with van der Waals surface area (Å²) in [7, 11) is 0. The summed E-state index contributed by atoms with van der Waals surface area (Å²) in [4.78, 5) is 4.92. The predicted octanol–water partition coefficient (Wildman–Crippen LogP) is 5.40. The van der Waals surface area contributed by atoms with E-state index in [1.807, 2.05) is 0 Å². The van der Waals surface area contributed by atoms with Crippen LogP contribution < -0.4 is 5.32 Å². The van der Waals surface area contributed by atoms with Crippen LogP contribution in [0.25, 0.3) is 22.2 Å². The molecule has 0 aliphatic carbocycles. The van der Waals surface area contributed by atoms with Gasteiger partial charge in [0.2, 0.25) is 0 Å². The molecule has 1 aliphatic rings. The molecule has 0 amide bonds. The minimum atomic E-state index is -0.232. The van der Waals surface area contributed by atoms with Crippen LogP contribution in [0.4, 0.5) is 4.39 Å². The van der Waals surface area contributed by atoms with Crippen molar-refractivity contribution in [3.63, 3.8) is 0 Å². The van der Waals surface area contributed by atoms with Crippen molar-refractivity contribution in [1.29, 1.82) is 0 Å². The summed E-state index contributed by atoms with van der Waals surface area (Å²) in [5.74, 6) is -0.232. The number of ether oxygens (including phenoxy) is 1. The molecule has 4 heteroatoms. The first kappa shape index (κ1) is 19.0. The third kappa shape index (κ3) is 4.23. The topological polar surface area (TPSA) is 34.2 Å². The molecule has 0 unspecified atom stereocenters. The molecule has 28 heavy (non-hydrogen) atoms. The van der Waals surface area contributed by atoms with Crippen LogP contribution in [-0.4, -0.2) is 23.2 Å². The second-order valence-electron chi connectivity index (χ2n) is 8.38. The molecule has 2 heterocycles. The van der Waals surface area contributed by atoms with Crippen molar-refractivity contribution in [3.05, 3.63) is 65.5 Å². The Morgan fingerprint density at radius 2 is 1.93 bits per heavy atom. The van der Waals surface area contributed by atoms with Crippen LogP contribution in [0, 0.1) is 12.7 Å². The highest BCUT2D eigenvalue weighted by molar-refractivity contribution is 5.84. The Bertz CT molecular complexity index is 982. The number of nitrogens with one attached hydrogen (secondary N) is 1. The van der Waals surface area contributed by atoms with Gasteiger partial charge in [-0.15, -0.1) is 0 Å². The van der Waals surface area contributed by atoms with Crippen LogP contribution >= 0.6 is 0 Å². The maximum absolute atomic E-state index is 13.4. The number of fused-ring (bicyclic) bond motifs is 1. The monoisotopic (exact) mass is 378 g/mol. The zero-order chi connectivity index (χ0) is 19.7. The summed E-state index contributed by atoms with van der Waals surface area (Å²) in [5, 5.41) is 4.83. The van der Waals surface area contributed by atoms with Crippen molar-refractivity contribution in [2.24, 2.45) is 0 Å². The first-order valence-electron chi connectivity index (χ1n) is 9.93. The fourth-order valence-electron chi connectivity index (χ4n) is 3.99. The molecule has 0 radical (unpaired) electrons. The molecule has 0 spiro atoms. The first-order chi connectivity index (χ1) is 13.4. The van der Waals surface area contributed by atoms with Crippen molar-refractivity contribution in [3.8, 4) is 11.3 Å². The van der Waals surface area contributed by atoms with E-state index in [9.17, 15) is 4.39 Å². The second kappa shape index (κ2) is 7.61. The highest BCUT2D eigenvalue weighted by Crippen LogP contribution is 2.28. The fraction of sp³-hybridized carbons (Fsp3) is 0.375. The normalized spacial score (nSPS) is 19.1. The molecular formula is C24H27FN2O. The second-order valence-corrected chi connectivity index (χ2v) is 8.38. The number of pyridine rings is 1. The van der Waals surface area contributed by atoms with Gasteiger partial charge in [-0.2, -0.15) is 0 Å². The van der Waals surface area contributed by atoms with Gasteiger partial charge in [0.15, 0.2) is 0 Å². The summed E-state index contributed by atoms with van der Waals surface area (Å²) >= 11 is 0. The van der Waals surface area contributed by atoms with Crippen LogP contribution in [0.5, 0.6) is 0 Å². The number of hydrogen-bond acceptors (Lipinski definition) is 3. The highest BCUT2D eigenvalue weighted by atomic mass is 19.1. The highest BCUT2D eigenvalue weighted by Gasteiger charge is 2.28. The van der Waals surface area contributed by atoms with Crippen LogP contribution in [-0.2, 0) is 11.3 Å². The average molecular weight is 378 g/mol. The van der Waals surface area contributed by atoms with Crippen LogP contribution in [0.2, 0.25) is 0 Å². The summed E-state index contributed by atoms with van der Waals surface area (Å²) in [6.07, 6.45) is 1.99. The van der Waals surface area contributed by atoms with E-state index >= 15 is 0 Å². The summed E-state index contributed by atoms with van der Waals surface area (Å²) in [6, 6.07) is 15.5. The number of rotatable bonds is 4. The lowest BCUT2D eigenvalue weighted by molar-refractivity contribution is -0.0630. The number of nitrogens with zero attached hydrogens (tertiary/aromatic N) is 1. The van der Waals surface area contributed by atoms with Crippen molar-refractivity contribution in [1.82, 2.24) is 10.3 Å². The number of aryl methyl sites for hydroxylation is 1. The first-order valence-corrected chi connectivity index (χ1v) is 9.93. The summed E-state index contributed by atoms with van der Waals surface area (Å²) in [5.41, 5.74) is 5.07. The average Bonchev–Trinajstić information content (AvgIpc) is 2.65. The zero-order valence-electron chi connectivity index (χ0n) is 16.8. The number of hydrogen-bond donors (Lipinski definition) is 1. The molecule has 1 N–H and O–H groups in total. The van der Waals surface area contributed by atoms with E-state index in [2.05, 4.69) is 50.4 Å². The van der Waals surface area contributed by atoms with E-state index in [-0.39, 0.29) is 11.4 Å². The molecule has 3 nitrogen and oxygen atoms in total. The summed E-state index contributed by atoms with van der Waals surface area (Å²) < 4.78 is 19.3. The van der Waals surface area contributed by atoms with E-state index in [0.717, 1.165) is 53.7 Å². The molecule has 0 saturated carbocycles. The number of benzene rings is 2. The Balaban J connectivity index is 1.68. The zero-order valence-corrected chi connectivity index (χ0v) is 16.8. The third-order valence-electron chi connectivity index (χ3n) is 5.45. The number of aromatic nitrogens is 1. The van der Waals surface area contributed by atoms with Crippen LogP contribution in [0.1, 0.15) is 37.8 Å². The number of halogens is 1. The largest absolute Gasteiger partial charge is 0.375 e. The molecule has 2 aromatic carbocycles. The van der Waals surface area contributed by atoms with Gasteiger partial charge in [0.25, 0.3) is 0 Å². The molecule has 1 aliphatic heterocycles. The Morgan fingerprint density at radius 3 is 2.68 bits per heavy atom. The van der Waals surface area contributed by atoms with Gasteiger partial charge < -0.3 is 10.1 Å². The maximum Gasteiger partial charge on any atom is 0.123 e. The minimum absolute atomic E-state index is 0.0888. The predicted molar refractivity (Wildman–Crippen MR) is 112 cm³/mol. The standard InChI is InChI=1S/C24H27FN2O/c1-16-4-9-22-18(12-16)13-19(15-26-21-10-11-28-24(2,3)14-21)23(27-22)17-5-7-20(25)8-6-17/h4-9,12-13,21,26H,10-11,14-15H2,1-3H3/t21-/m1/s1. The van der Waals surface area contributed by atoms with E-state index in [1.165, 1.54) is 17.7 Å². The smallest absolute Gasteiger partial charge is 0.123 e. The van der Waals surface area contributed by atoms with Gasteiger partial charge in [-0.3, -0.25) is 0 Å². The van der Waals surface area contributed by atoms with Gasteiger partial charge in [0.05, 0.1) is 16.8 Å². The Kier molecular flexibility index (Phi) is 5.17. The lowest BCUT2D eigenvalue weighted by Crippen LogP contribution is -2.43. The van der Waals surface area contributed by atoms with E-state index in [1.54, 1.807) is 12.1 Å². The fourth-order valence-corrected chi connectivity index (χ4v) is 3.99. The van der Waals surface area contributed by atoms with Gasteiger partial charge in [0.1, 0.15) is 5.82 Å². The van der Waals surface area contributed by atoms with Crippen molar-refractivity contribution >= 4 is 10.9 Å². The Labute approximate surface area is 165 Å². The Hall–Kier alpha value is -2.30. The quantitative estimate of drug-likeness (QED) is 0.660. The lowest BCUT2D eigenvalue weighted by Gasteiger charge is -2.36. The molecule has 3 aromatic rings. The molecule has 1 aromatic heterocycles. The molecular weight excluding hydrogens is 351 g/mol. The Morgan fingerprint density at radius 1 is 1.14 bits per heavy atom. The van der Waals surface area contributed by atoms with Gasteiger partial charge in [-0.05, 0) is 81.6 Å². The van der Waals surface area contributed by atoms with Crippen molar-refractivity contribution < 1.29 is 9.13 Å². The molecule has 4 rings (SSSR count). The van der Waals surface area contributed by atoms with Gasteiger partial charge in [-0.25, -0.2) is 9.37 Å². The van der Waals surface area contributed by atoms with Gasteiger partial charge >= 0.3 is 0 Å². The van der Waals surface area contributed by atoms with Crippen LogP contribution in [0.15, 0.2) is 48.5 Å². The van der Waals surface area contributed by atoms with E-state index < -0.39 is 0 Å². The van der Waals surface area contributed by atoms with Gasteiger partial charge in [0, 0.05) is 30.1 Å². The minimum Gasteiger partial charge on any atom is -0.375 e. The molecule has 146 valence electrons. The van der Waals surface area contributed by atoms with E-state index in [4.69, 9.17) is 9.72 Å². The maximum atomic E-state index is 13.4. The third-order valence-corrected chi connectivity index (χ3v) is 5.45. The van der Waals surface area contributed by atoms with Crippen molar-refractivity contribution in [2.45, 2.75) is 51.8 Å². The molecule has 1 fully saturated rings. The lowest BCUT2D eigenvalue weighted by atomic mass is 9.93. The molecule has 1 saturated heterocycles. The van der Waals surface area contributed by atoms with Crippen LogP contribution in [0.3, 0.4) is 0 Å². The van der Waals surface area contributed by atoms with Gasteiger partial charge in [-0.1, -0.05) is 11.6 Å².